The number of carbonyl (C=O) groups is 1. The van der Waals surface area contributed by atoms with Crippen molar-refractivity contribution in [3.63, 3.8) is 0 Å². The van der Waals surface area contributed by atoms with Gasteiger partial charge in [-0.25, -0.2) is 16.8 Å². The van der Waals surface area contributed by atoms with E-state index in [-0.39, 0.29) is 9.79 Å². The summed E-state index contributed by atoms with van der Waals surface area (Å²) in [5.41, 5.74) is 4.56. The molecule has 214 valence electrons. The number of hydrogen-bond acceptors (Lipinski definition) is 5. The molecular weight excluding hydrogens is 558 g/mol. The molecule has 10 heteroatoms. The van der Waals surface area contributed by atoms with Crippen LogP contribution in [0.3, 0.4) is 0 Å². The molecule has 0 aliphatic carbocycles. The highest BCUT2D eigenvalue weighted by molar-refractivity contribution is 7.93. The molecule has 4 rings (SSSR count). The quantitative estimate of drug-likeness (QED) is 0.242. The fourth-order valence-corrected chi connectivity index (χ4v) is 7.07. The topological polar surface area (TPSA) is 113 Å². The lowest BCUT2D eigenvalue weighted by molar-refractivity contribution is -0.114. The van der Waals surface area contributed by atoms with E-state index < -0.39 is 32.5 Å². The molecule has 8 nitrogen and oxygen atoms in total. The van der Waals surface area contributed by atoms with Crippen LogP contribution >= 0.6 is 0 Å². The first-order valence-corrected chi connectivity index (χ1v) is 16.0. The molecule has 0 fully saturated rings. The Morgan fingerprint density at radius 1 is 0.732 bits per heavy atom. The lowest BCUT2D eigenvalue weighted by Gasteiger charge is -2.26. The maximum atomic E-state index is 13.7. The molecule has 1 amide bonds. The van der Waals surface area contributed by atoms with Crippen LogP contribution in [0.25, 0.3) is 0 Å². The Morgan fingerprint density at radius 3 is 1.93 bits per heavy atom. The lowest BCUT2D eigenvalue weighted by atomic mass is 10.1. The number of carbonyl (C=O) groups excluding carboxylic acids is 1. The normalized spacial score (nSPS) is 11.6. The van der Waals surface area contributed by atoms with Crippen LogP contribution in [0.5, 0.6) is 0 Å². The number of hydrogen-bond donors (Lipinski definition) is 2. The smallest absolute Gasteiger partial charge is 0.264 e. The molecule has 0 atom stereocenters. The summed E-state index contributed by atoms with van der Waals surface area (Å²) in [6.07, 6.45) is 0.573. The Kier molecular flexibility index (Phi) is 8.84. The fourth-order valence-electron chi connectivity index (χ4n) is 4.41. The van der Waals surface area contributed by atoms with Gasteiger partial charge < -0.3 is 5.32 Å². The molecule has 0 unspecified atom stereocenters. The van der Waals surface area contributed by atoms with Gasteiger partial charge in [-0.15, -0.1) is 0 Å². The van der Waals surface area contributed by atoms with Gasteiger partial charge in [0.2, 0.25) is 5.91 Å². The van der Waals surface area contributed by atoms with Crippen LogP contribution in [-0.2, 0) is 31.3 Å². The van der Waals surface area contributed by atoms with Crippen molar-refractivity contribution >= 4 is 43.0 Å². The number of para-hydroxylation sites is 2. The Hall–Kier alpha value is -4.15. The number of nitrogens with one attached hydrogen (secondary N) is 2. The minimum absolute atomic E-state index is 0.0265. The summed E-state index contributed by atoms with van der Waals surface area (Å²) in [6.45, 7) is 6.96. The van der Waals surface area contributed by atoms with Gasteiger partial charge in [0.1, 0.15) is 6.54 Å². The molecule has 0 bridgehead atoms. The van der Waals surface area contributed by atoms with Gasteiger partial charge in [-0.3, -0.25) is 13.8 Å². The fraction of sp³-hybridized carbons (Fsp3) is 0.194. The molecular formula is C31H33N3O5S2. The number of benzene rings is 4. The molecule has 4 aromatic rings. The van der Waals surface area contributed by atoms with E-state index >= 15 is 0 Å². The average molecular weight is 592 g/mol. The van der Waals surface area contributed by atoms with Gasteiger partial charge in [-0.2, -0.15) is 0 Å². The van der Waals surface area contributed by atoms with E-state index in [2.05, 4.69) is 10.0 Å². The summed E-state index contributed by atoms with van der Waals surface area (Å²) in [5, 5.41) is 2.70. The number of rotatable bonds is 10. The summed E-state index contributed by atoms with van der Waals surface area (Å²) in [6, 6.07) is 24.7. The van der Waals surface area contributed by atoms with Gasteiger partial charge in [-0.05, 0) is 86.3 Å². The highest BCUT2D eigenvalue weighted by atomic mass is 32.2. The van der Waals surface area contributed by atoms with Crippen LogP contribution in [0, 0.1) is 20.8 Å². The third kappa shape index (κ3) is 6.78. The molecule has 4 aromatic carbocycles. The third-order valence-corrected chi connectivity index (χ3v) is 9.84. The molecule has 0 saturated heterocycles. The van der Waals surface area contributed by atoms with Crippen LogP contribution in [0.4, 0.5) is 17.1 Å². The average Bonchev–Trinajstić information content (AvgIpc) is 2.94. The zero-order chi connectivity index (χ0) is 29.8. The van der Waals surface area contributed by atoms with Gasteiger partial charge >= 0.3 is 0 Å². The van der Waals surface area contributed by atoms with E-state index in [1.54, 1.807) is 24.3 Å². The summed E-state index contributed by atoms with van der Waals surface area (Å²) in [7, 11) is -7.94. The van der Waals surface area contributed by atoms with E-state index in [9.17, 15) is 21.6 Å². The van der Waals surface area contributed by atoms with Crippen molar-refractivity contribution in [3.05, 3.63) is 113 Å². The summed E-state index contributed by atoms with van der Waals surface area (Å²) < 4.78 is 57.2. The van der Waals surface area contributed by atoms with Crippen molar-refractivity contribution in [2.24, 2.45) is 0 Å². The molecule has 0 aliphatic heterocycles. The SMILES string of the molecule is CCc1ccccc1N(CC(=O)Nc1ccc(S(=O)(=O)Nc2c(C)cccc2C)cc1)S(=O)(=O)c1ccc(C)cc1. The van der Waals surface area contributed by atoms with Crippen LogP contribution < -0.4 is 14.3 Å². The standard InChI is InChI=1S/C31H33N3O5S2/c1-5-25-11-6-7-12-29(25)34(41(38,39)28-17-13-22(2)14-18-28)21-30(35)32-26-15-19-27(20-16-26)40(36,37)33-31-23(3)9-8-10-24(31)4/h6-20,33H,5,21H2,1-4H3,(H,32,35). The second kappa shape index (κ2) is 12.2. The molecule has 0 heterocycles. The number of sulfonamides is 2. The summed E-state index contributed by atoms with van der Waals surface area (Å²) >= 11 is 0. The molecule has 0 aromatic heterocycles. The number of amides is 1. The third-order valence-electron chi connectivity index (χ3n) is 6.70. The summed E-state index contributed by atoms with van der Waals surface area (Å²) in [5.74, 6) is -0.573. The first-order chi connectivity index (χ1) is 19.4. The molecule has 0 radical (unpaired) electrons. The first-order valence-electron chi connectivity index (χ1n) is 13.1. The lowest BCUT2D eigenvalue weighted by Crippen LogP contribution is -2.38. The first kappa shape index (κ1) is 29.8. The highest BCUT2D eigenvalue weighted by Gasteiger charge is 2.28. The van der Waals surface area contributed by atoms with E-state index in [0.717, 1.165) is 26.6 Å². The van der Waals surface area contributed by atoms with Crippen molar-refractivity contribution in [2.75, 3.05) is 20.9 Å². The predicted octanol–water partition coefficient (Wildman–Crippen LogP) is 5.81. The Labute approximate surface area is 242 Å². The molecule has 2 N–H and O–H groups in total. The van der Waals surface area contributed by atoms with E-state index in [1.165, 1.54) is 36.4 Å². The van der Waals surface area contributed by atoms with Crippen molar-refractivity contribution in [1.82, 2.24) is 0 Å². The zero-order valence-electron chi connectivity index (χ0n) is 23.4. The zero-order valence-corrected chi connectivity index (χ0v) is 25.0. The Morgan fingerprint density at radius 2 is 1.32 bits per heavy atom. The van der Waals surface area contributed by atoms with Crippen molar-refractivity contribution in [2.45, 2.75) is 43.9 Å². The molecule has 0 saturated carbocycles. The molecule has 0 aliphatic rings. The van der Waals surface area contributed by atoms with Gasteiger partial charge in [-0.1, -0.05) is 61.0 Å². The highest BCUT2D eigenvalue weighted by Crippen LogP contribution is 2.28. The molecule has 41 heavy (non-hydrogen) atoms. The number of aryl methyl sites for hydroxylation is 4. The second-order valence-corrected chi connectivity index (χ2v) is 13.3. The summed E-state index contributed by atoms with van der Waals surface area (Å²) in [4.78, 5) is 13.3. The van der Waals surface area contributed by atoms with Gasteiger partial charge in [0, 0.05) is 5.69 Å². The van der Waals surface area contributed by atoms with E-state index in [4.69, 9.17) is 0 Å². The monoisotopic (exact) mass is 591 g/mol. The second-order valence-electron chi connectivity index (χ2n) is 9.75. The van der Waals surface area contributed by atoms with Gasteiger partial charge in [0.05, 0.1) is 21.2 Å². The van der Waals surface area contributed by atoms with Crippen molar-refractivity contribution in [3.8, 4) is 0 Å². The van der Waals surface area contributed by atoms with Crippen molar-refractivity contribution < 1.29 is 21.6 Å². The van der Waals surface area contributed by atoms with Crippen molar-refractivity contribution in [1.29, 1.82) is 0 Å². The van der Waals surface area contributed by atoms with Gasteiger partial charge in [0.25, 0.3) is 20.0 Å². The minimum Gasteiger partial charge on any atom is -0.325 e. The predicted molar refractivity (Wildman–Crippen MR) is 163 cm³/mol. The van der Waals surface area contributed by atoms with Crippen LogP contribution in [0.2, 0.25) is 0 Å². The van der Waals surface area contributed by atoms with Gasteiger partial charge in [0.15, 0.2) is 0 Å². The minimum atomic E-state index is -4.07. The Balaban J connectivity index is 1.57. The van der Waals surface area contributed by atoms with Crippen LogP contribution in [0.15, 0.2) is 101 Å². The van der Waals surface area contributed by atoms with E-state index in [1.807, 2.05) is 58.0 Å². The molecule has 0 spiro atoms. The number of nitrogens with zero attached hydrogens (tertiary/aromatic N) is 1. The van der Waals surface area contributed by atoms with E-state index in [0.29, 0.717) is 23.5 Å². The van der Waals surface area contributed by atoms with Crippen LogP contribution in [0.1, 0.15) is 29.2 Å². The maximum absolute atomic E-state index is 13.7. The Bertz CT molecular complexity index is 1750. The van der Waals surface area contributed by atoms with Crippen LogP contribution in [-0.4, -0.2) is 29.3 Å². The number of anilines is 3. The largest absolute Gasteiger partial charge is 0.325 e. The maximum Gasteiger partial charge on any atom is 0.264 e.